The number of para-hydroxylation sites is 1. The number of hydrogen-bond donors (Lipinski definition) is 1. The predicted molar refractivity (Wildman–Crippen MR) is 112 cm³/mol. The highest BCUT2D eigenvalue weighted by atomic mass is 16.5. The van der Waals surface area contributed by atoms with Gasteiger partial charge in [0.15, 0.2) is 0 Å². The Bertz CT molecular complexity index is 1130. The summed E-state index contributed by atoms with van der Waals surface area (Å²) in [7, 11) is 0. The van der Waals surface area contributed by atoms with Gasteiger partial charge < -0.3 is 14.4 Å². The fourth-order valence-electron chi connectivity index (χ4n) is 3.19. The van der Waals surface area contributed by atoms with Crippen molar-refractivity contribution in [2.75, 3.05) is 5.32 Å². The minimum atomic E-state index is -0.110. The summed E-state index contributed by atoms with van der Waals surface area (Å²) in [6.07, 6.45) is 2.69. The van der Waals surface area contributed by atoms with Gasteiger partial charge in [0, 0.05) is 17.4 Å². The number of nitrogens with one attached hydrogen (secondary N) is 1. The summed E-state index contributed by atoms with van der Waals surface area (Å²) in [4.78, 5) is 17.1. The van der Waals surface area contributed by atoms with E-state index >= 15 is 0 Å². The second kappa shape index (κ2) is 8.14. The fraction of sp³-hybridized carbons (Fsp3) is 0.174. The maximum absolute atomic E-state index is 12.6. The van der Waals surface area contributed by atoms with Gasteiger partial charge in [-0.25, -0.2) is 0 Å². The summed E-state index contributed by atoms with van der Waals surface area (Å²) in [5, 5.41) is 7.07. The zero-order valence-electron chi connectivity index (χ0n) is 16.4. The standard InChI is InChI=1S/C23H22N4O2/c1-3-17-7-4-5-8-19(17)24-21(28)15-27-14-6-9-20(27)23-25-22(26-29-23)18-12-10-16(2)11-13-18/h4-14H,3,15H2,1-2H3,(H,24,28). The number of benzene rings is 2. The van der Waals surface area contributed by atoms with Gasteiger partial charge >= 0.3 is 0 Å². The van der Waals surface area contributed by atoms with E-state index in [0.29, 0.717) is 17.4 Å². The lowest BCUT2D eigenvalue weighted by atomic mass is 10.1. The number of aromatic nitrogens is 3. The summed E-state index contributed by atoms with van der Waals surface area (Å²) < 4.78 is 7.26. The van der Waals surface area contributed by atoms with Gasteiger partial charge in [-0.05, 0) is 37.1 Å². The number of carbonyl (C=O) groups excluding carboxylic acids is 1. The Morgan fingerprint density at radius 3 is 2.66 bits per heavy atom. The molecule has 4 rings (SSSR count). The minimum absolute atomic E-state index is 0.110. The van der Waals surface area contributed by atoms with Crippen LogP contribution in [0.4, 0.5) is 5.69 Å². The molecule has 1 amide bonds. The number of amides is 1. The van der Waals surface area contributed by atoms with E-state index in [0.717, 1.165) is 23.2 Å². The monoisotopic (exact) mass is 386 g/mol. The third kappa shape index (κ3) is 4.11. The first-order valence-electron chi connectivity index (χ1n) is 9.58. The molecule has 0 aliphatic carbocycles. The molecule has 0 atom stereocenters. The van der Waals surface area contributed by atoms with E-state index < -0.39 is 0 Å². The molecule has 0 radical (unpaired) electrons. The normalized spacial score (nSPS) is 10.8. The lowest BCUT2D eigenvalue weighted by molar-refractivity contribution is -0.116. The van der Waals surface area contributed by atoms with Crippen molar-refractivity contribution in [2.45, 2.75) is 26.8 Å². The summed E-state index contributed by atoms with van der Waals surface area (Å²) in [5.74, 6) is 0.794. The minimum Gasteiger partial charge on any atom is -0.334 e. The fourth-order valence-corrected chi connectivity index (χ4v) is 3.19. The lowest BCUT2D eigenvalue weighted by Gasteiger charge is -2.11. The van der Waals surface area contributed by atoms with Crippen LogP contribution in [0.15, 0.2) is 71.4 Å². The van der Waals surface area contributed by atoms with Crippen LogP contribution in [0.25, 0.3) is 23.0 Å². The smallest absolute Gasteiger partial charge is 0.274 e. The Labute approximate surface area is 169 Å². The van der Waals surface area contributed by atoms with Crippen molar-refractivity contribution in [3.63, 3.8) is 0 Å². The second-order valence-corrected chi connectivity index (χ2v) is 6.87. The molecule has 146 valence electrons. The van der Waals surface area contributed by atoms with Crippen LogP contribution in [-0.4, -0.2) is 20.6 Å². The maximum Gasteiger partial charge on any atom is 0.274 e. The first-order valence-corrected chi connectivity index (χ1v) is 9.58. The van der Waals surface area contributed by atoms with Gasteiger partial charge in [0.1, 0.15) is 12.2 Å². The zero-order chi connectivity index (χ0) is 20.2. The molecule has 29 heavy (non-hydrogen) atoms. The average molecular weight is 386 g/mol. The van der Waals surface area contributed by atoms with E-state index in [4.69, 9.17) is 4.52 Å². The second-order valence-electron chi connectivity index (χ2n) is 6.87. The van der Waals surface area contributed by atoms with Crippen molar-refractivity contribution < 1.29 is 9.32 Å². The molecule has 2 heterocycles. The van der Waals surface area contributed by atoms with Crippen LogP contribution >= 0.6 is 0 Å². The van der Waals surface area contributed by atoms with Crippen LogP contribution < -0.4 is 5.32 Å². The topological polar surface area (TPSA) is 73.0 Å². The molecule has 0 fully saturated rings. The number of rotatable bonds is 6. The molecular weight excluding hydrogens is 364 g/mol. The van der Waals surface area contributed by atoms with Crippen molar-refractivity contribution in [3.05, 3.63) is 78.0 Å². The Morgan fingerprint density at radius 2 is 1.86 bits per heavy atom. The molecule has 6 nitrogen and oxygen atoms in total. The average Bonchev–Trinajstić information content (AvgIpc) is 3.38. The molecule has 1 N–H and O–H groups in total. The van der Waals surface area contributed by atoms with Crippen LogP contribution in [0.3, 0.4) is 0 Å². The first-order chi connectivity index (χ1) is 14.1. The summed E-state index contributed by atoms with van der Waals surface area (Å²) in [6.45, 7) is 4.25. The highest BCUT2D eigenvalue weighted by Gasteiger charge is 2.16. The molecule has 0 aliphatic rings. The molecular formula is C23H22N4O2. The van der Waals surface area contributed by atoms with Gasteiger partial charge in [0.25, 0.3) is 5.89 Å². The van der Waals surface area contributed by atoms with E-state index in [-0.39, 0.29) is 12.5 Å². The predicted octanol–water partition coefficient (Wildman–Crippen LogP) is 4.71. The van der Waals surface area contributed by atoms with Crippen molar-refractivity contribution in [3.8, 4) is 23.0 Å². The molecule has 0 saturated heterocycles. The number of anilines is 1. The number of nitrogens with zero attached hydrogens (tertiary/aromatic N) is 3. The van der Waals surface area contributed by atoms with Gasteiger partial charge in [-0.1, -0.05) is 60.1 Å². The zero-order valence-corrected chi connectivity index (χ0v) is 16.4. The number of aryl methyl sites for hydroxylation is 2. The molecule has 2 aromatic carbocycles. The molecule has 0 unspecified atom stereocenters. The van der Waals surface area contributed by atoms with Crippen LogP contribution in [0.2, 0.25) is 0 Å². The Morgan fingerprint density at radius 1 is 1.07 bits per heavy atom. The Kier molecular flexibility index (Phi) is 5.24. The highest BCUT2D eigenvalue weighted by molar-refractivity contribution is 5.91. The van der Waals surface area contributed by atoms with E-state index in [2.05, 4.69) is 22.4 Å². The van der Waals surface area contributed by atoms with Gasteiger partial charge in [0.2, 0.25) is 11.7 Å². The SMILES string of the molecule is CCc1ccccc1NC(=O)Cn1cccc1-c1nc(-c2ccc(C)cc2)no1. The van der Waals surface area contributed by atoms with E-state index in [9.17, 15) is 4.79 Å². The summed E-state index contributed by atoms with van der Waals surface area (Å²) in [6, 6.07) is 19.5. The Balaban J connectivity index is 1.52. The molecule has 2 aromatic heterocycles. The van der Waals surface area contributed by atoms with Crippen molar-refractivity contribution in [2.24, 2.45) is 0 Å². The van der Waals surface area contributed by atoms with E-state index in [1.54, 1.807) is 4.57 Å². The van der Waals surface area contributed by atoms with Crippen LogP contribution in [0.5, 0.6) is 0 Å². The van der Waals surface area contributed by atoms with Crippen molar-refractivity contribution >= 4 is 11.6 Å². The summed E-state index contributed by atoms with van der Waals surface area (Å²) in [5.41, 5.74) is 4.70. The van der Waals surface area contributed by atoms with Gasteiger partial charge in [0.05, 0.1) is 0 Å². The van der Waals surface area contributed by atoms with Gasteiger partial charge in [-0.3, -0.25) is 4.79 Å². The lowest BCUT2D eigenvalue weighted by Crippen LogP contribution is -2.19. The maximum atomic E-state index is 12.6. The molecule has 4 aromatic rings. The Hall–Kier alpha value is -3.67. The third-order valence-corrected chi connectivity index (χ3v) is 4.77. The van der Waals surface area contributed by atoms with Crippen molar-refractivity contribution in [1.82, 2.24) is 14.7 Å². The van der Waals surface area contributed by atoms with Crippen LogP contribution in [-0.2, 0) is 17.8 Å². The van der Waals surface area contributed by atoms with Gasteiger partial charge in [-0.2, -0.15) is 4.98 Å². The summed E-state index contributed by atoms with van der Waals surface area (Å²) >= 11 is 0. The number of hydrogen-bond acceptors (Lipinski definition) is 4. The number of carbonyl (C=O) groups is 1. The molecule has 0 saturated carbocycles. The van der Waals surface area contributed by atoms with Gasteiger partial charge in [-0.15, -0.1) is 0 Å². The first kappa shape index (κ1) is 18.7. The quantitative estimate of drug-likeness (QED) is 0.521. The van der Waals surface area contributed by atoms with Crippen LogP contribution in [0, 0.1) is 6.92 Å². The molecule has 0 spiro atoms. The highest BCUT2D eigenvalue weighted by Crippen LogP contribution is 2.23. The molecule has 6 heteroatoms. The van der Waals surface area contributed by atoms with E-state index in [1.165, 1.54) is 5.56 Å². The van der Waals surface area contributed by atoms with E-state index in [1.807, 2.05) is 73.8 Å². The molecule has 0 aliphatic heterocycles. The molecule has 0 bridgehead atoms. The largest absolute Gasteiger partial charge is 0.334 e. The van der Waals surface area contributed by atoms with Crippen LogP contribution in [0.1, 0.15) is 18.1 Å². The van der Waals surface area contributed by atoms with Crippen molar-refractivity contribution in [1.29, 1.82) is 0 Å². The third-order valence-electron chi connectivity index (χ3n) is 4.77.